The number of aromatic amines is 1. The molecular weight excluding hydrogens is 322 g/mol. The van der Waals surface area contributed by atoms with Crippen molar-refractivity contribution in [3.63, 3.8) is 0 Å². The number of H-pyrrole nitrogens is 1. The molecule has 0 fully saturated rings. The third-order valence-electron chi connectivity index (χ3n) is 3.60. The first-order valence-electron chi connectivity index (χ1n) is 7.79. The summed E-state index contributed by atoms with van der Waals surface area (Å²) in [4.78, 5) is 15.5. The highest BCUT2D eigenvalue weighted by Crippen LogP contribution is 2.19. The smallest absolute Gasteiger partial charge is 0.317 e. The second-order valence-corrected chi connectivity index (χ2v) is 6.26. The number of rotatable bonds is 6. The number of carbonyl (C=O) groups excluding carboxylic acids is 1. The van der Waals surface area contributed by atoms with Crippen molar-refractivity contribution in [3.8, 4) is 5.75 Å². The molecule has 0 radical (unpaired) electrons. The monoisotopic (exact) mass is 342 g/mol. The molecule has 5 nitrogen and oxygen atoms in total. The Morgan fingerprint density at radius 3 is 2.67 bits per heavy atom. The zero-order valence-electron chi connectivity index (χ0n) is 13.7. The Hall–Kier alpha value is -2.47. The van der Waals surface area contributed by atoms with Gasteiger partial charge in [-0.2, -0.15) is 0 Å². The molecule has 3 rings (SSSR count). The molecule has 0 aliphatic rings. The van der Waals surface area contributed by atoms with Gasteiger partial charge in [0.15, 0.2) is 11.0 Å². The van der Waals surface area contributed by atoms with Gasteiger partial charge in [0.1, 0.15) is 5.75 Å². The molecule has 2 N–H and O–H groups in total. The number of anilines is 1. The average Bonchev–Trinajstić information content (AvgIpc) is 2.92. The third-order valence-corrected chi connectivity index (χ3v) is 4.66. The number of carbonyl (C=O) groups is 1. The largest absolute Gasteiger partial charge is 0.494 e. The van der Waals surface area contributed by atoms with Crippen LogP contribution in [0.5, 0.6) is 5.75 Å². The maximum atomic E-state index is 12.1. The Labute approximate surface area is 145 Å². The number of fused-ring (bicyclic) bond motifs is 1. The molecule has 0 saturated heterocycles. The quantitative estimate of drug-likeness (QED) is 0.534. The summed E-state index contributed by atoms with van der Waals surface area (Å²) in [6, 6.07) is 15.5. The van der Waals surface area contributed by atoms with E-state index in [4.69, 9.17) is 4.74 Å². The van der Waals surface area contributed by atoms with E-state index in [1.807, 2.05) is 56.4 Å². The molecule has 1 amide bonds. The van der Waals surface area contributed by atoms with Crippen LogP contribution in [0.25, 0.3) is 11.0 Å². The molecular formula is C18H20N3O2S+. The predicted molar refractivity (Wildman–Crippen MR) is 96.4 cm³/mol. The first kappa shape index (κ1) is 16.4. The van der Waals surface area contributed by atoms with Crippen LogP contribution in [0.3, 0.4) is 0 Å². The predicted octanol–water partition coefficient (Wildman–Crippen LogP) is 3.12. The highest BCUT2D eigenvalue weighted by Gasteiger charge is 2.16. The number of imidazole rings is 1. The fourth-order valence-electron chi connectivity index (χ4n) is 2.45. The van der Waals surface area contributed by atoms with Gasteiger partial charge in [-0.1, -0.05) is 12.1 Å². The summed E-state index contributed by atoms with van der Waals surface area (Å²) in [5.74, 6) is 1.10. The van der Waals surface area contributed by atoms with E-state index < -0.39 is 0 Å². The topological polar surface area (TPSA) is 58.0 Å². The normalized spacial score (nSPS) is 10.8. The Bertz CT molecular complexity index is 843. The number of benzene rings is 2. The van der Waals surface area contributed by atoms with Crippen molar-refractivity contribution in [2.75, 3.05) is 17.7 Å². The SMILES string of the molecule is CCOc1ccc(NC(=O)CSc2[nH]c3ccccc3[n+]2C)cc1. The van der Waals surface area contributed by atoms with Crippen LogP contribution in [-0.4, -0.2) is 23.3 Å². The summed E-state index contributed by atoms with van der Waals surface area (Å²) in [5, 5.41) is 3.85. The molecule has 1 heterocycles. The van der Waals surface area contributed by atoms with Gasteiger partial charge in [-0.15, -0.1) is 0 Å². The Morgan fingerprint density at radius 1 is 1.21 bits per heavy atom. The first-order chi connectivity index (χ1) is 11.7. The lowest BCUT2D eigenvalue weighted by molar-refractivity contribution is -0.683. The average molecular weight is 342 g/mol. The van der Waals surface area contributed by atoms with Crippen LogP contribution in [-0.2, 0) is 11.8 Å². The molecule has 1 aromatic heterocycles. The van der Waals surface area contributed by atoms with Gasteiger partial charge in [-0.25, -0.2) is 9.55 Å². The van der Waals surface area contributed by atoms with Crippen LogP contribution >= 0.6 is 11.8 Å². The molecule has 124 valence electrons. The maximum Gasteiger partial charge on any atom is 0.317 e. The zero-order chi connectivity index (χ0) is 16.9. The van der Waals surface area contributed by atoms with Gasteiger partial charge in [-0.3, -0.25) is 4.79 Å². The van der Waals surface area contributed by atoms with E-state index in [0.717, 1.165) is 27.6 Å². The number of para-hydroxylation sites is 2. The standard InChI is InChI=1S/C18H19N3O2S/c1-3-23-14-10-8-13(9-11-14)19-17(22)12-24-18-20-15-6-4-5-7-16(15)21(18)2/h4-11H,3,12H2,1-2H3,(H,19,22)/p+1. The van der Waals surface area contributed by atoms with Crippen LogP contribution in [0.15, 0.2) is 53.7 Å². The van der Waals surface area contributed by atoms with Crippen LogP contribution in [0.2, 0.25) is 0 Å². The lowest BCUT2D eigenvalue weighted by Crippen LogP contribution is -2.29. The Kier molecular flexibility index (Phi) is 5.05. The van der Waals surface area contributed by atoms with Crippen molar-refractivity contribution in [3.05, 3.63) is 48.5 Å². The minimum absolute atomic E-state index is 0.0391. The summed E-state index contributed by atoms with van der Waals surface area (Å²) >= 11 is 1.48. The highest BCUT2D eigenvalue weighted by molar-refractivity contribution is 7.99. The molecule has 0 atom stereocenters. The Morgan fingerprint density at radius 2 is 1.96 bits per heavy atom. The molecule has 0 unspecified atom stereocenters. The van der Waals surface area contributed by atoms with Crippen molar-refractivity contribution in [1.29, 1.82) is 0 Å². The lowest BCUT2D eigenvalue weighted by Gasteiger charge is -2.06. The summed E-state index contributed by atoms with van der Waals surface area (Å²) in [5.41, 5.74) is 2.95. The van der Waals surface area contributed by atoms with Gasteiger partial charge in [0.2, 0.25) is 5.91 Å². The second kappa shape index (κ2) is 7.40. The summed E-state index contributed by atoms with van der Waals surface area (Å²) in [6.07, 6.45) is 0. The van der Waals surface area contributed by atoms with Gasteiger partial charge in [0.25, 0.3) is 0 Å². The van der Waals surface area contributed by atoms with Crippen molar-refractivity contribution in [2.24, 2.45) is 7.05 Å². The van der Waals surface area contributed by atoms with E-state index >= 15 is 0 Å². The third kappa shape index (κ3) is 3.71. The van der Waals surface area contributed by atoms with E-state index in [2.05, 4.69) is 20.9 Å². The maximum absolute atomic E-state index is 12.1. The van der Waals surface area contributed by atoms with Crippen LogP contribution in [0.4, 0.5) is 5.69 Å². The fourth-order valence-corrected chi connectivity index (χ4v) is 3.26. The highest BCUT2D eigenvalue weighted by atomic mass is 32.2. The van der Waals surface area contributed by atoms with E-state index in [0.29, 0.717) is 12.4 Å². The molecule has 0 bridgehead atoms. The summed E-state index contributed by atoms with van der Waals surface area (Å²) in [7, 11) is 1.99. The molecule has 0 aliphatic heterocycles. The number of nitrogens with one attached hydrogen (secondary N) is 2. The summed E-state index contributed by atoms with van der Waals surface area (Å²) in [6.45, 7) is 2.57. The molecule has 0 spiro atoms. The second-order valence-electron chi connectivity index (χ2n) is 5.30. The number of nitrogens with zero attached hydrogens (tertiary/aromatic N) is 1. The molecule has 2 aromatic carbocycles. The minimum atomic E-state index is -0.0391. The van der Waals surface area contributed by atoms with Gasteiger partial charge < -0.3 is 10.1 Å². The van der Waals surface area contributed by atoms with Crippen molar-refractivity contribution in [2.45, 2.75) is 12.1 Å². The van der Waals surface area contributed by atoms with Gasteiger partial charge in [0, 0.05) is 5.69 Å². The van der Waals surface area contributed by atoms with Crippen molar-refractivity contribution >= 4 is 34.4 Å². The zero-order valence-corrected chi connectivity index (χ0v) is 14.5. The van der Waals surface area contributed by atoms with E-state index in [1.54, 1.807) is 0 Å². The number of hydrogen-bond donors (Lipinski definition) is 2. The van der Waals surface area contributed by atoms with Crippen molar-refractivity contribution in [1.82, 2.24) is 4.98 Å². The fraction of sp³-hybridized carbons (Fsp3) is 0.222. The number of ether oxygens (including phenoxy) is 1. The molecule has 3 aromatic rings. The van der Waals surface area contributed by atoms with E-state index in [1.165, 1.54) is 11.8 Å². The molecule has 24 heavy (non-hydrogen) atoms. The van der Waals surface area contributed by atoms with Crippen LogP contribution in [0.1, 0.15) is 6.92 Å². The van der Waals surface area contributed by atoms with Gasteiger partial charge in [0.05, 0.1) is 19.4 Å². The Balaban J connectivity index is 1.59. The number of aryl methyl sites for hydroxylation is 1. The first-order valence-corrected chi connectivity index (χ1v) is 8.78. The molecule has 0 aliphatic carbocycles. The lowest BCUT2D eigenvalue weighted by atomic mass is 10.3. The van der Waals surface area contributed by atoms with Crippen molar-refractivity contribution < 1.29 is 14.1 Å². The number of amides is 1. The van der Waals surface area contributed by atoms with E-state index in [-0.39, 0.29) is 5.91 Å². The molecule has 6 heteroatoms. The van der Waals surface area contributed by atoms with Gasteiger partial charge >= 0.3 is 5.16 Å². The van der Waals surface area contributed by atoms with Crippen LogP contribution in [0, 0.1) is 0 Å². The minimum Gasteiger partial charge on any atom is -0.494 e. The van der Waals surface area contributed by atoms with E-state index in [9.17, 15) is 4.79 Å². The molecule has 0 saturated carbocycles. The number of aromatic nitrogens is 2. The number of hydrogen-bond acceptors (Lipinski definition) is 3. The summed E-state index contributed by atoms with van der Waals surface area (Å²) < 4.78 is 7.45. The van der Waals surface area contributed by atoms with Crippen LogP contribution < -0.4 is 14.6 Å². The number of thioether (sulfide) groups is 1. The van der Waals surface area contributed by atoms with Gasteiger partial charge in [-0.05, 0) is 55.1 Å².